The molecule has 2 N–H and O–H groups in total. The number of ether oxygens (including phenoxy) is 2. The minimum absolute atomic E-state index is 0.0101. The lowest BCUT2D eigenvalue weighted by molar-refractivity contribution is -0.148. The van der Waals surface area contributed by atoms with Gasteiger partial charge in [0, 0.05) is 17.4 Å². The highest BCUT2D eigenvalue weighted by molar-refractivity contribution is 7.16. The zero-order valence-corrected chi connectivity index (χ0v) is 19.3. The van der Waals surface area contributed by atoms with Crippen LogP contribution >= 0.6 is 11.3 Å². The highest BCUT2D eigenvalue weighted by atomic mass is 32.1. The summed E-state index contributed by atoms with van der Waals surface area (Å²) in [6.45, 7) is 5.60. The van der Waals surface area contributed by atoms with E-state index in [0.717, 1.165) is 31.2 Å². The maximum Gasteiger partial charge on any atom is 0.341 e. The Kier molecular flexibility index (Phi) is 8.15. The number of carbonyl (C=O) groups excluding carboxylic acids is 3. The maximum absolute atomic E-state index is 12.6. The summed E-state index contributed by atoms with van der Waals surface area (Å²) in [5.74, 6) is -0.379. The molecule has 0 aromatic carbocycles. The van der Waals surface area contributed by atoms with E-state index in [4.69, 9.17) is 9.47 Å². The Bertz CT molecular complexity index is 989. The first-order valence-corrected chi connectivity index (χ1v) is 11.6. The minimum atomic E-state index is -0.423. The second-order valence-electron chi connectivity index (χ2n) is 7.64. The quantitative estimate of drug-likeness (QED) is 0.539. The van der Waals surface area contributed by atoms with E-state index in [-0.39, 0.29) is 30.8 Å². The number of nitrogens with zero attached hydrogens (tertiary/aromatic N) is 2. The average molecular weight is 461 g/mol. The summed E-state index contributed by atoms with van der Waals surface area (Å²) in [7, 11) is 0. The van der Waals surface area contributed by atoms with E-state index < -0.39 is 5.97 Å². The molecule has 2 heterocycles. The van der Waals surface area contributed by atoms with Crippen molar-refractivity contribution in [2.45, 2.75) is 65.4 Å². The predicted molar refractivity (Wildman–Crippen MR) is 121 cm³/mol. The minimum Gasteiger partial charge on any atom is -0.463 e. The Labute approximate surface area is 190 Å². The third-order valence-corrected chi connectivity index (χ3v) is 5.96. The van der Waals surface area contributed by atoms with Crippen molar-refractivity contribution < 1.29 is 23.9 Å². The van der Waals surface area contributed by atoms with Crippen LogP contribution in [0.3, 0.4) is 0 Å². The first-order valence-electron chi connectivity index (χ1n) is 10.8. The molecule has 0 saturated carbocycles. The molecule has 0 radical (unpaired) electrons. The fourth-order valence-electron chi connectivity index (χ4n) is 3.43. The molecule has 32 heavy (non-hydrogen) atoms. The molecule has 0 saturated heterocycles. The van der Waals surface area contributed by atoms with Gasteiger partial charge < -0.3 is 20.1 Å². The number of thiophene rings is 1. The average Bonchev–Trinajstić information content (AvgIpc) is 3.10. The van der Waals surface area contributed by atoms with E-state index in [0.29, 0.717) is 28.8 Å². The number of amides is 1. The smallest absolute Gasteiger partial charge is 0.341 e. The molecule has 1 aliphatic carbocycles. The molecule has 1 amide bonds. The Morgan fingerprint density at radius 1 is 1.12 bits per heavy atom. The van der Waals surface area contributed by atoms with Crippen LogP contribution in [0.2, 0.25) is 0 Å². The Morgan fingerprint density at radius 3 is 2.62 bits per heavy atom. The molecule has 0 unspecified atom stereocenters. The molecule has 0 fully saturated rings. The van der Waals surface area contributed by atoms with Gasteiger partial charge in [-0.1, -0.05) is 0 Å². The lowest BCUT2D eigenvalue weighted by Gasteiger charge is -2.12. The van der Waals surface area contributed by atoms with Crippen LogP contribution < -0.4 is 10.6 Å². The van der Waals surface area contributed by atoms with Gasteiger partial charge in [-0.2, -0.15) is 0 Å². The molecule has 172 valence electrons. The topological polar surface area (TPSA) is 120 Å². The van der Waals surface area contributed by atoms with Crippen molar-refractivity contribution in [2.24, 2.45) is 0 Å². The Balaban J connectivity index is 1.70. The SMILES string of the molecule is CCOC(=O)c1c(Nc2cc(NC(=O)CCC(=O)OC(C)C)ncn2)sc2c1CCCC2. The third kappa shape index (κ3) is 6.25. The van der Waals surface area contributed by atoms with Gasteiger partial charge in [-0.3, -0.25) is 9.59 Å². The number of carbonyl (C=O) groups is 3. The van der Waals surface area contributed by atoms with Gasteiger partial charge in [-0.15, -0.1) is 11.3 Å². The summed E-state index contributed by atoms with van der Waals surface area (Å²) in [6, 6.07) is 1.58. The van der Waals surface area contributed by atoms with Gasteiger partial charge in [0.05, 0.1) is 24.7 Å². The second-order valence-corrected chi connectivity index (χ2v) is 8.74. The lowest BCUT2D eigenvalue weighted by atomic mass is 9.95. The molecule has 3 rings (SSSR count). The predicted octanol–water partition coefficient (Wildman–Crippen LogP) is 4.01. The summed E-state index contributed by atoms with van der Waals surface area (Å²) >= 11 is 1.54. The van der Waals surface area contributed by atoms with Crippen LogP contribution in [-0.2, 0) is 31.9 Å². The van der Waals surface area contributed by atoms with Crippen molar-refractivity contribution in [3.8, 4) is 0 Å². The molecular weight excluding hydrogens is 432 g/mol. The van der Waals surface area contributed by atoms with Crippen LogP contribution in [0.4, 0.5) is 16.6 Å². The summed E-state index contributed by atoms with van der Waals surface area (Å²) in [6.07, 6.45) is 5.02. The van der Waals surface area contributed by atoms with Crippen molar-refractivity contribution >= 4 is 45.8 Å². The second kappa shape index (κ2) is 11.0. The summed E-state index contributed by atoms with van der Waals surface area (Å²) in [4.78, 5) is 45.8. The molecule has 2 aromatic heterocycles. The number of hydrogen-bond donors (Lipinski definition) is 2. The van der Waals surface area contributed by atoms with Crippen LogP contribution in [0.15, 0.2) is 12.4 Å². The lowest BCUT2D eigenvalue weighted by Crippen LogP contribution is -2.17. The maximum atomic E-state index is 12.6. The first kappa shape index (κ1) is 23.6. The van der Waals surface area contributed by atoms with Gasteiger partial charge in [-0.25, -0.2) is 14.8 Å². The fourth-order valence-corrected chi connectivity index (χ4v) is 4.71. The largest absolute Gasteiger partial charge is 0.463 e. The number of aryl methyl sites for hydroxylation is 1. The number of esters is 2. The van der Waals surface area contributed by atoms with E-state index >= 15 is 0 Å². The zero-order chi connectivity index (χ0) is 23.1. The van der Waals surface area contributed by atoms with E-state index in [9.17, 15) is 14.4 Å². The van der Waals surface area contributed by atoms with Gasteiger partial charge >= 0.3 is 11.9 Å². The summed E-state index contributed by atoms with van der Waals surface area (Å²) in [5.41, 5.74) is 1.62. The van der Waals surface area contributed by atoms with E-state index in [2.05, 4.69) is 20.6 Å². The van der Waals surface area contributed by atoms with Crippen LogP contribution in [0.1, 0.15) is 67.3 Å². The summed E-state index contributed by atoms with van der Waals surface area (Å²) < 4.78 is 10.3. The van der Waals surface area contributed by atoms with E-state index in [1.165, 1.54) is 22.5 Å². The monoisotopic (exact) mass is 460 g/mol. The molecule has 0 spiro atoms. The molecule has 0 aliphatic heterocycles. The van der Waals surface area contributed by atoms with Gasteiger partial charge in [0.15, 0.2) is 0 Å². The van der Waals surface area contributed by atoms with Crippen LogP contribution in [0.25, 0.3) is 0 Å². The van der Waals surface area contributed by atoms with Crippen LogP contribution in [0.5, 0.6) is 0 Å². The van der Waals surface area contributed by atoms with Gasteiger partial charge in [0.2, 0.25) is 5.91 Å². The van der Waals surface area contributed by atoms with Crippen molar-refractivity contribution in [3.05, 3.63) is 28.4 Å². The number of hydrogen-bond acceptors (Lipinski definition) is 9. The first-order chi connectivity index (χ1) is 15.4. The number of nitrogens with one attached hydrogen (secondary N) is 2. The molecule has 0 bridgehead atoms. The highest BCUT2D eigenvalue weighted by Crippen LogP contribution is 2.39. The number of anilines is 3. The molecule has 0 atom stereocenters. The number of aromatic nitrogens is 2. The molecule has 2 aromatic rings. The van der Waals surface area contributed by atoms with Gasteiger partial charge in [0.1, 0.15) is 23.0 Å². The molecular formula is C22H28N4O5S. The van der Waals surface area contributed by atoms with Crippen molar-refractivity contribution in [3.63, 3.8) is 0 Å². The Hall–Kier alpha value is -3.01. The molecule has 10 heteroatoms. The van der Waals surface area contributed by atoms with E-state index in [1.807, 2.05) is 0 Å². The standard InChI is InChI=1S/C22H28N4O5S/c1-4-30-22(29)20-14-7-5-6-8-15(14)32-21(20)26-17-11-16(23-12-24-17)25-18(27)9-10-19(28)31-13(2)3/h11-13H,4-10H2,1-3H3,(H2,23,24,25,26,27). The number of rotatable bonds is 9. The van der Waals surface area contributed by atoms with Gasteiger partial charge in [0.25, 0.3) is 0 Å². The zero-order valence-electron chi connectivity index (χ0n) is 18.5. The molecule has 1 aliphatic rings. The van der Waals surface area contributed by atoms with Gasteiger partial charge in [-0.05, 0) is 52.0 Å². The van der Waals surface area contributed by atoms with Crippen molar-refractivity contribution in [2.75, 3.05) is 17.2 Å². The van der Waals surface area contributed by atoms with Crippen molar-refractivity contribution in [1.29, 1.82) is 0 Å². The number of fused-ring (bicyclic) bond motifs is 1. The normalized spacial score (nSPS) is 12.8. The van der Waals surface area contributed by atoms with Crippen LogP contribution in [-0.4, -0.2) is 40.5 Å². The molecule has 9 nitrogen and oxygen atoms in total. The Morgan fingerprint density at radius 2 is 1.88 bits per heavy atom. The van der Waals surface area contributed by atoms with E-state index in [1.54, 1.807) is 26.8 Å². The van der Waals surface area contributed by atoms with Crippen LogP contribution in [0, 0.1) is 0 Å². The third-order valence-electron chi connectivity index (χ3n) is 4.75. The van der Waals surface area contributed by atoms with Crippen molar-refractivity contribution in [1.82, 2.24) is 9.97 Å². The fraction of sp³-hybridized carbons (Fsp3) is 0.500. The summed E-state index contributed by atoms with van der Waals surface area (Å²) in [5, 5.41) is 6.54. The highest BCUT2D eigenvalue weighted by Gasteiger charge is 2.26.